The molecule has 2 N–H and O–H groups in total. The second-order valence-corrected chi connectivity index (χ2v) is 4.38. The van der Waals surface area contributed by atoms with E-state index in [9.17, 15) is 18.7 Å². The molecule has 1 unspecified atom stereocenters. The van der Waals surface area contributed by atoms with Crippen LogP contribution in [-0.2, 0) is 4.79 Å². The van der Waals surface area contributed by atoms with Gasteiger partial charge in [0.05, 0.1) is 5.69 Å². The number of aliphatic hydroxyl groups excluding tert-OH is 1. The Hall–Kier alpha value is -2.27. The Morgan fingerprint density at radius 2 is 1.85 bits per heavy atom. The van der Waals surface area contributed by atoms with Crippen LogP contribution in [0.3, 0.4) is 0 Å². The monoisotopic (exact) mass is 277 g/mol. The van der Waals surface area contributed by atoms with Crippen molar-refractivity contribution < 1.29 is 18.7 Å². The van der Waals surface area contributed by atoms with E-state index in [1.807, 2.05) is 0 Å². The molecule has 0 bridgehead atoms. The summed E-state index contributed by atoms with van der Waals surface area (Å²) in [5, 5.41) is 12.2. The van der Waals surface area contributed by atoms with Gasteiger partial charge in [0.25, 0.3) is 5.91 Å². The van der Waals surface area contributed by atoms with Crippen LogP contribution in [0.1, 0.15) is 17.2 Å². The van der Waals surface area contributed by atoms with Crippen LogP contribution >= 0.6 is 0 Å². The van der Waals surface area contributed by atoms with Crippen LogP contribution in [0.2, 0.25) is 0 Å². The number of aliphatic hydroxyl groups is 1. The van der Waals surface area contributed by atoms with Crippen LogP contribution in [-0.4, -0.2) is 11.0 Å². The highest BCUT2D eigenvalue weighted by atomic mass is 19.1. The molecule has 20 heavy (non-hydrogen) atoms. The summed E-state index contributed by atoms with van der Waals surface area (Å²) in [5.74, 6) is -1.79. The Balaban J connectivity index is 2.16. The molecule has 0 heterocycles. The lowest BCUT2D eigenvalue weighted by Gasteiger charge is -2.13. The molecule has 0 aromatic heterocycles. The second-order valence-electron chi connectivity index (χ2n) is 4.38. The summed E-state index contributed by atoms with van der Waals surface area (Å²) >= 11 is 0. The maximum absolute atomic E-state index is 13.4. The van der Waals surface area contributed by atoms with E-state index in [2.05, 4.69) is 5.32 Å². The smallest absolute Gasteiger partial charge is 0.257 e. The van der Waals surface area contributed by atoms with Gasteiger partial charge in [-0.3, -0.25) is 4.79 Å². The number of para-hydroxylation sites is 1. The number of nitrogens with one attached hydrogen (secondary N) is 1. The number of aryl methyl sites for hydroxylation is 1. The third kappa shape index (κ3) is 3.00. The van der Waals surface area contributed by atoms with Gasteiger partial charge < -0.3 is 10.4 Å². The lowest BCUT2D eigenvalue weighted by Crippen LogP contribution is -2.21. The molecule has 0 saturated heterocycles. The molecule has 2 rings (SSSR count). The minimum Gasteiger partial charge on any atom is -0.378 e. The van der Waals surface area contributed by atoms with Gasteiger partial charge in [-0.1, -0.05) is 24.3 Å². The van der Waals surface area contributed by atoms with E-state index in [1.54, 1.807) is 6.07 Å². The maximum atomic E-state index is 13.4. The van der Waals surface area contributed by atoms with Crippen molar-refractivity contribution in [2.45, 2.75) is 13.0 Å². The van der Waals surface area contributed by atoms with E-state index in [4.69, 9.17) is 0 Å². The largest absolute Gasteiger partial charge is 0.378 e. The minimum absolute atomic E-state index is 0.0182. The van der Waals surface area contributed by atoms with Gasteiger partial charge in [0.15, 0.2) is 6.10 Å². The topological polar surface area (TPSA) is 49.3 Å². The zero-order chi connectivity index (χ0) is 14.7. The van der Waals surface area contributed by atoms with Crippen LogP contribution in [0.4, 0.5) is 14.5 Å². The Morgan fingerprint density at radius 1 is 1.15 bits per heavy atom. The molecule has 2 aromatic rings. The predicted molar refractivity (Wildman–Crippen MR) is 71.1 cm³/mol. The van der Waals surface area contributed by atoms with Crippen LogP contribution < -0.4 is 5.32 Å². The summed E-state index contributed by atoms with van der Waals surface area (Å²) in [7, 11) is 0. The number of carbonyl (C=O) groups is 1. The maximum Gasteiger partial charge on any atom is 0.257 e. The first-order chi connectivity index (χ1) is 9.49. The minimum atomic E-state index is -1.49. The summed E-state index contributed by atoms with van der Waals surface area (Å²) in [4.78, 5) is 11.8. The van der Waals surface area contributed by atoms with Crippen LogP contribution in [0.15, 0.2) is 42.5 Å². The van der Waals surface area contributed by atoms with Gasteiger partial charge in [0, 0.05) is 0 Å². The first kappa shape index (κ1) is 14.1. The zero-order valence-electron chi connectivity index (χ0n) is 10.7. The van der Waals surface area contributed by atoms with E-state index in [-0.39, 0.29) is 11.3 Å². The van der Waals surface area contributed by atoms with Crippen molar-refractivity contribution >= 4 is 11.6 Å². The number of benzene rings is 2. The van der Waals surface area contributed by atoms with Gasteiger partial charge in [0.1, 0.15) is 11.6 Å². The summed E-state index contributed by atoms with van der Waals surface area (Å²) in [6.07, 6.45) is -1.49. The van der Waals surface area contributed by atoms with Gasteiger partial charge in [-0.05, 0) is 36.2 Å². The highest BCUT2D eigenvalue weighted by Crippen LogP contribution is 2.20. The van der Waals surface area contributed by atoms with Crippen molar-refractivity contribution in [3.63, 3.8) is 0 Å². The first-order valence-corrected chi connectivity index (χ1v) is 5.98. The van der Waals surface area contributed by atoms with Crippen molar-refractivity contribution in [3.8, 4) is 0 Å². The zero-order valence-corrected chi connectivity index (χ0v) is 10.7. The molecule has 1 amide bonds. The summed E-state index contributed by atoms with van der Waals surface area (Å²) in [6, 6.07) is 9.50. The van der Waals surface area contributed by atoms with Gasteiger partial charge in [-0.25, -0.2) is 8.78 Å². The molecule has 0 spiro atoms. The number of halogens is 2. The van der Waals surface area contributed by atoms with Gasteiger partial charge in [-0.15, -0.1) is 0 Å². The average Bonchev–Trinajstić information content (AvgIpc) is 2.43. The van der Waals surface area contributed by atoms with E-state index in [0.717, 1.165) is 0 Å². The number of anilines is 1. The van der Waals surface area contributed by atoms with E-state index < -0.39 is 23.6 Å². The van der Waals surface area contributed by atoms with Gasteiger partial charge in [-0.2, -0.15) is 0 Å². The lowest BCUT2D eigenvalue weighted by atomic mass is 10.1. The Labute approximate surface area is 114 Å². The van der Waals surface area contributed by atoms with Crippen LogP contribution in [0, 0.1) is 18.6 Å². The highest BCUT2D eigenvalue weighted by molar-refractivity contribution is 5.94. The van der Waals surface area contributed by atoms with Crippen molar-refractivity contribution in [1.82, 2.24) is 0 Å². The normalized spacial score (nSPS) is 12.0. The molecular weight excluding hydrogens is 264 g/mol. The molecule has 0 fully saturated rings. The number of amides is 1. The van der Waals surface area contributed by atoms with E-state index >= 15 is 0 Å². The fourth-order valence-corrected chi connectivity index (χ4v) is 1.75. The summed E-state index contributed by atoms with van der Waals surface area (Å²) < 4.78 is 26.5. The standard InChI is InChI=1S/C15H13F2NO2/c1-9-8-10(6-7-11(9)16)14(19)15(20)18-13-5-3-2-4-12(13)17/h2-8,14,19H,1H3,(H,18,20). The molecule has 2 aromatic carbocycles. The Morgan fingerprint density at radius 3 is 2.50 bits per heavy atom. The molecular formula is C15H13F2NO2. The summed E-state index contributed by atoms with van der Waals surface area (Å²) in [6.45, 7) is 1.53. The SMILES string of the molecule is Cc1cc(C(O)C(=O)Nc2ccccc2F)ccc1F. The van der Waals surface area contributed by atoms with Crippen molar-refractivity contribution in [3.05, 3.63) is 65.2 Å². The first-order valence-electron chi connectivity index (χ1n) is 5.98. The number of hydrogen-bond acceptors (Lipinski definition) is 2. The number of carbonyl (C=O) groups excluding carboxylic acids is 1. The van der Waals surface area contributed by atoms with Gasteiger partial charge >= 0.3 is 0 Å². The third-order valence-electron chi connectivity index (χ3n) is 2.88. The Kier molecular flexibility index (Phi) is 4.10. The summed E-state index contributed by atoms with van der Waals surface area (Å²) in [5.41, 5.74) is 0.549. The van der Waals surface area contributed by atoms with E-state index in [1.165, 1.54) is 43.3 Å². The average molecular weight is 277 g/mol. The fourth-order valence-electron chi connectivity index (χ4n) is 1.75. The van der Waals surface area contributed by atoms with Crippen molar-refractivity contribution in [2.75, 3.05) is 5.32 Å². The molecule has 104 valence electrons. The number of rotatable bonds is 3. The highest BCUT2D eigenvalue weighted by Gasteiger charge is 2.19. The quantitative estimate of drug-likeness (QED) is 0.906. The molecule has 1 atom stereocenters. The second kappa shape index (κ2) is 5.79. The van der Waals surface area contributed by atoms with Crippen LogP contribution in [0.5, 0.6) is 0 Å². The molecule has 0 aliphatic rings. The van der Waals surface area contributed by atoms with Crippen molar-refractivity contribution in [2.24, 2.45) is 0 Å². The molecule has 5 heteroatoms. The molecule has 0 aliphatic heterocycles. The van der Waals surface area contributed by atoms with Gasteiger partial charge in [0.2, 0.25) is 0 Å². The molecule has 0 radical (unpaired) electrons. The molecule has 0 saturated carbocycles. The predicted octanol–water partition coefficient (Wildman–Crippen LogP) is 2.95. The third-order valence-corrected chi connectivity index (χ3v) is 2.88. The number of hydrogen-bond donors (Lipinski definition) is 2. The van der Waals surface area contributed by atoms with Crippen molar-refractivity contribution in [1.29, 1.82) is 0 Å². The fraction of sp³-hybridized carbons (Fsp3) is 0.133. The Bertz CT molecular complexity index is 644. The van der Waals surface area contributed by atoms with Crippen LogP contribution in [0.25, 0.3) is 0 Å². The lowest BCUT2D eigenvalue weighted by molar-refractivity contribution is -0.124. The molecule has 0 aliphatic carbocycles. The van der Waals surface area contributed by atoms with E-state index in [0.29, 0.717) is 5.56 Å². The molecule has 3 nitrogen and oxygen atoms in total.